The predicted octanol–water partition coefficient (Wildman–Crippen LogP) is 3.32. The number of aryl methyl sites for hydroxylation is 2. The summed E-state index contributed by atoms with van der Waals surface area (Å²) in [5, 5.41) is 11.0. The van der Waals surface area contributed by atoms with Crippen LogP contribution in [0.15, 0.2) is 24.4 Å². The molecule has 0 atom stereocenters. The Bertz CT molecular complexity index is 608. The number of aromatic nitrogens is 2. The molecule has 2 aromatic rings. The predicted molar refractivity (Wildman–Crippen MR) is 68.6 cm³/mol. The summed E-state index contributed by atoms with van der Waals surface area (Å²) in [5.41, 5.74) is 2.78. The molecule has 0 aliphatic heterocycles. The van der Waals surface area contributed by atoms with E-state index < -0.39 is 4.92 Å². The first-order valence-electron chi connectivity index (χ1n) is 5.23. The average Bonchev–Trinajstić information content (AvgIpc) is 2.27. The summed E-state index contributed by atoms with van der Waals surface area (Å²) in [5.74, 6) is 0. The highest BCUT2D eigenvalue weighted by molar-refractivity contribution is 6.28. The summed E-state index contributed by atoms with van der Waals surface area (Å²) in [6, 6.07) is 5.65. The van der Waals surface area contributed by atoms with Gasteiger partial charge >= 0.3 is 5.69 Å². The van der Waals surface area contributed by atoms with Gasteiger partial charge in [0, 0.05) is 5.56 Å². The third-order valence-electron chi connectivity index (χ3n) is 2.43. The monoisotopic (exact) mass is 263 g/mol. The van der Waals surface area contributed by atoms with Crippen molar-refractivity contribution in [2.24, 2.45) is 0 Å². The van der Waals surface area contributed by atoms with E-state index in [9.17, 15) is 10.1 Å². The van der Waals surface area contributed by atoms with Crippen molar-refractivity contribution in [1.29, 1.82) is 0 Å². The van der Waals surface area contributed by atoms with Gasteiger partial charge in [-0.15, -0.1) is 0 Å². The Labute approximate surface area is 109 Å². The Kier molecular flexibility index (Phi) is 3.25. The fourth-order valence-corrected chi connectivity index (χ4v) is 1.94. The van der Waals surface area contributed by atoms with Crippen molar-refractivity contribution in [3.05, 3.63) is 50.9 Å². The molecule has 0 radical (unpaired) electrons. The second-order valence-electron chi connectivity index (χ2n) is 4.01. The molecule has 0 bridgehead atoms. The lowest BCUT2D eigenvalue weighted by Gasteiger charge is -2.05. The summed E-state index contributed by atoms with van der Waals surface area (Å²) in [4.78, 5) is 18.1. The first-order valence-corrected chi connectivity index (χ1v) is 5.61. The second-order valence-corrected chi connectivity index (χ2v) is 4.34. The minimum Gasteiger partial charge on any atom is -0.258 e. The van der Waals surface area contributed by atoms with Gasteiger partial charge in [-0.3, -0.25) is 10.1 Å². The van der Waals surface area contributed by atoms with E-state index in [1.54, 1.807) is 0 Å². The molecule has 6 heteroatoms. The molecular formula is C12H10ClN3O2. The van der Waals surface area contributed by atoms with Gasteiger partial charge in [-0.1, -0.05) is 17.2 Å². The Hall–Kier alpha value is -2.01. The zero-order valence-corrected chi connectivity index (χ0v) is 10.6. The number of hydrogen-bond acceptors (Lipinski definition) is 4. The number of hydrogen-bond donors (Lipinski definition) is 0. The second kappa shape index (κ2) is 4.70. The molecule has 1 aromatic heterocycles. The van der Waals surface area contributed by atoms with Gasteiger partial charge in [0.25, 0.3) is 0 Å². The molecule has 18 heavy (non-hydrogen) atoms. The summed E-state index contributed by atoms with van der Waals surface area (Å²) in [6.45, 7) is 3.84. The molecule has 0 saturated carbocycles. The van der Waals surface area contributed by atoms with Crippen LogP contribution in [-0.4, -0.2) is 14.9 Å². The van der Waals surface area contributed by atoms with Gasteiger partial charge in [-0.2, -0.15) is 0 Å². The highest BCUT2D eigenvalue weighted by Gasteiger charge is 2.18. The molecule has 5 nitrogen and oxygen atoms in total. The first kappa shape index (κ1) is 12.4. The van der Waals surface area contributed by atoms with Crippen LogP contribution in [0.3, 0.4) is 0 Å². The maximum Gasteiger partial charge on any atom is 0.313 e. The molecular weight excluding hydrogens is 254 g/mol. The van der Waals surface area contributed by atoms with E-state index in [1.807, 2.05) is 32.0 Å². The minimum absolute atomic E-state index is 0.00485. The number of nitrogens with zero attached hydrogens (tertiary/aromatic N) is 3. The summed E-state index contributed by atoms with van der Waals surface area (Å²) in [6.07, 6.45) is 1.13. The van der Waals surface area contributed by atoms with Crippen LogP contribution >= 0.6 is 11.6 Å². The summed E-state index contributed by atoms with van der Waals surface area (Å²) in [7, 11) is 0. The lowest BCUT2D eigenvalue weighted by Crippen LogP contribution is -1.97. The fourth-order valence-electron chi connectivity index (χ4n) is 1.81. The SMILES string of the molecule is Cc1cc(C)cc(-c2nc(Cl)ncc2[N+](=O)[O-])c1. The average molecular weight is 264 g/mol. The van der Waals surface area contributed by atoms with Gasteiger partial charge in [-0.05, 0) is 37.6 Å². The van der Waals surface area contributed by atoms with Gasteiger partial charge in [0.1, 0.15) is 6.20 Å². The van der Waals surface area contributed by atoms with Crippen molar-refractivity contribution in [2.45, 2.75) is 13.8 Å². The van der Waals surface area contributed by atoms with Gasteiger partial charge in [-0.25, -0.2) is 9.97 Å². The third-order valence-corrected chi connectivity index (χ3v) is 2.61. The van der Waals surface area contributed by atoms with Gasteiger partial charge in [0.05, 0.1) is 4.92 Å². The lowest BCUT2D eigenvalue weighted by atomic mass is 10.0. The van der Waals surface area contributed by atoms with Gasteiger partial charge in [0.15, 0.2) is 5.69 Å². The van der Waals surface area contributed by atoms with Gasteiger partial charge < -0.3 is 0 Å². The van der Waals surface area contributed by atoms with Crippen molar-refractivity contribution in [2.75, 3.05) is 0 Å². The van der Waals surface area contributed by atoms with Crippen LogP contribution in [-0.2, 0) is 0 Å². The van der Waals surface area contributed by atoms with Crippen LogP contribution in [0, 0.1) is 24.0 Å². The van der Waals surface area contributed by atoms with E-state index in [2.05, 4.69) is 9.97 Å². The summed E-state index contributed by atoms with van der Waals surface area (Å²) >= 11 is 5.71. The molecule has 0 N–H and O–H groups in total. The Morgan fingerprint density at radius 3 is 2.39 bits per heavy atom. The van der Waals surface area contributed by atoms with Crippen molar-refractivity contribution >= 4 is 17.3 Å². The van der Waals surface area contributed by atoms with Crippen LogP contribution < -0.4 is 0 Å². The molecule has 92 valence electrons. The van der Waals surface area contributed by atoms with Crippen LogP contribution in [0.1, 0.15) is 11.1 Å². The summed E-state index contributed by atoms with van der Waals surface area (Å²) < 4.78 is 0. The van der Waals surface area contributed by atoms with Crippen molar-refractivity contribution in [1.82, 2.24) is 9.97 Å². The maximum atomic E-state index is 11.0. The maximum absolute atomic E-state index is 11.0. The smallest absolute Gasteiger partial charge is 0.258 e. The van der Waals surface area contributed by atoms with Crippen LogP contribution in [0.4, 0.5) is 5.69 Å². The minimum atomic E-state index is -0.511. The number of rotatable bonds is 2. The topological polar surface area (TPSA) is 68.9 Å². The van der Waals surface area contributed by atoms with Crippen molar-refractivity contribution in [3.8, 4) is 11.3 Å². The molecule has 0 unspecified atom stereocenters. The first-order chi connectivity index (χ1) is 8.47. The highest BCUT2D eigenvalue weighted by Crippen LogP contribution is 2.29. The van der Waals surface area contributed by atoms with Crippen LogP contribution in [0.2, 0.25) is 5.28 Å². The van der Waals surface area contributed by atoms with Crippen molar-refractivity contribution in [3.63, 3.8) is 0 Å². The zero-order valence-electron chi connectivity index (χ0n) is 9.85. The van der Waals surface area contributed by atoms with Crippen LogP contribution in [0.5, 0.6) is 0 Å². The fraction of sp³-hybridized carbons (Fsp3) is 0.167. The van der Waals surface area contributed by atoms with Gasteiger partial charge in [0.2, 0.25) is 5.28 Å². The van der Waals surface area contributed by atoms with E-state index in [0.717, 1.165) is 17.3 Å². The van der Waals surface area contributed by atoms with Crippen molar-refractivity contribution < 1.29 is 4.92 Å². The molecule has 0 spiro atoms. The highest BCUT2D eigenvalue weighted by atomic mass is 35.5. The Morgan fingerprint density at radius 1 is 1.22 bits per heavy atom. The lowest BCUT2D eigenvalue weighted by molar-refractivity contribution is -0.384. The van der Waals surface area contributed by atoms with E-state index in [1.165, 1.54) is 0 Å². The molecule has 1 heterocycles. The number of benzene rings is 1. The molecule has 0 fully saturated rings. The molecule has 0 aliphatic rings. The van der Waals surface area contributed by atoms with E-state index in [-0.39, 0.29) is 16.7 Å². The zero-order chi connectivity index (χ0) is 13.3. The molecule has 0 aliphatic carbocycles. The standard InChI is InChI=1S/C12H10ClN3O2/c1-7-3-8(2)5-9(4-7)11-10(16(17)18)6-14-12(13)15-11/h3-6H,1-2H3. The molecule has 0 saturated heterocycles. The molecule has 1 aromatic carbocycles. The van der Waals surface area contributed by atoms with E-state index >= 15 is 0 Å². The molecule has 0 amide bonds. The number of nitro groups is 1. The normalized spacial score (nSPS) is 10.4. The van der Waals surface area contributed by atoms with Crippen LogP contribution in [0.25, 0.3) is 11.3 Å². The van der Waals surface area contributed by atoms with E-state index in [0.29, 0.717) is 5.56 Å². The number of halogens is 1. The quantitative estimate of drug-likeness (QED) is 0.473. The Balaban J connectivity index is 2.68. The third kappa shape index (κ3) is 2.46. The largest absolute Gasteiger partial charge is 0.313 e. The van der Waals surface area contributed by atoms with E-state index in [4.69, 9.17) is 11.6 Å². The molecule has 2 rings (SSSR count). The Morgan fingerprint density at radius 2 is 1.83 bits per heavy atom.